The lowest BCUT2D eigenvalue weighted by Crippen LogP contribution is -2.42. The predicted molar refractivity (Wildman–Crippen MR) is 114 cm³/mol. The van der Waals surface area contributed by atoms with Gasteiger partial charge in [0.25, 0.3) is 0 Å². The molecule has 0 bridgehead atoms. The van der Waals surface area contributed by atoms with Crippen LogP contribution in [0.5, 0.6) is 0 Å². The average Bonchev–Trinajstić information content (AvgIpc) is 3.07. The standard InChI is InChI=1S/C23H20N6O/c1-23(30)10-17(11-23)29-21(25)18(12-24)20(28-29)15-7-8-16-13-26-22(27-19(16)9-15)14-5-3-2-4-6-14/h2-9,13,17,30H,10-11,25H2,1H3. The van der Waals surface area contributed by atoms with Crippen molar-refractivity contribution in [3.8, 4) is 28.7 Å². The van der Waals surface area contributed by atoms with Crippen molar-refractivity contribution in [3.05, 3.63) is 60.3 Å². The van der Waals surface area contributed by atoms with Gasteiger partial charge in [-0.15, -0.1) is 0 Å². The Morgan fingerprint density at radius 2 is 1.93 bits per heavy atom. The Morgan fingerprint density at radius 1 is 1.17 bits per heavy atom. The average molecular weight is 396 g/mol. The largest absolute Gasteiger partial charge is 0.390 e. The van der Waals surface area contributed by atoms with Gasteiger partial charge in [0.1, 0.15) is 23.1 Å². The van der Waals surface area contributed by atoms with Crippen molar-refractivity contribution in [2.24, 2.45) is 0 Å². The van der Waals surface area contributed by atoms with Crippen LogP contribution in [0.25, 0.3) is 33.5 Å². The zero-order valence-corrected chi connectivity index (χ0v) is 16.4. The highest BCUT2D eigenvalue weighted by Gasteiger charge is 2.41. The number of fused-ring (bicyclic) bond motifs is 1. The van der Waals surface area contributed by atoms with E-state index in [0.717, 1.165) is 22.0 Å². The van der Waals surface area contributed by atoms with Crippen molar-refractivity contribution in [2.45, 2.75) is 31.4 Å². The van der Waals surface area contributed by atoms with Crippen molar-refractivity contribution in [2.75, 3.05) is 5.73 Å². The van der Waals surface area contributed by atoms with Crippen molar-refractivity contribution in [3.63, 3.8) is 0 Å². The Hall–Kier alpha value is -3.76. The van der Waals surface area contributed by atoms with Crippen LogP contribution in [-0.2, 0) is 0 Å². The molecule has 2 heterocycles. The normalized spacial score (nSPS) is 20.6. The minimum absolute atomic E-state index is 0.00619. The number of nitriles is 1. The van der Waals surface area contributed by atoms with Gasteiger partial charge in [-0.05, 0) is 25.8 Å². The summed E-state index contributed by atoms with van der Waals surface area (Å²) in [5, 5.41) is 25.3. The Labute approximate surface area is 173 Å². The van der Waals surface area contributed by atoms with E-state index in [1.807, 2.05) is 48.5 Å². The fraction of sp³-hybridized carbons (Fsp3) is 0.217. The van der Waals surface area contributed by atoms with Gasteiger partial charge in [0, 0.05) is 22.7 Å². The van der Waals surface area contributed by atoms with Crippen LogP contribution < -0.4 is 5.73 Å². The smallest absolute Gasteiger partial charge is 0.159 e. The first-order valence-electron chi connectivity index (χ1n) is 9.78. The highest BCUT2D eigenvalue weighted by atomic mass is 16.3. The molecule has 148 valence electrons. The highest BCUT2D eigenvalue weighted by Crippen LogP contribution is 2.43. The first-order valence-corrected chi connectivity index (χ1v) is 9.78. The van der Waals surface area contributed by atoms with Crippen LogP contribution in [0.2, 0.25) is 0 Å². The van der Waals surface area contributed by atoms with Crippen LogP contribution >= 0.6 is 0 Å². The quantitative estimate of drug-likeness (QED) is 0.546. The molecule has 0 saturated heterocycles. The molecule has 0 radical (unpaired) electrons. The molecule has 1 aliphatic carbocycles. The van der Waals surface area contributed by atoms with Gasteiger partial charge in [0.05, 0.1) is 17.2 Å². The Bertz CT molecular complexity index is 1290. The third-order valence-electron chi connectivity index (χ3n) is 5.64. The van der Waals surface area contributed by atoms with E-state index < -0.39 is 5.60 Å². The molecule has 3 N–H and O–H groups in total. The van der Waals surface area contributed by atoms with E-state index in [0.29, 0.717) is 35.7 Å². The van der Waals surface area contributed by atoms with E-state index >= 15 is 0 Å². The molecule has 0 unspecified atom stereocenters. The number of aromatic nitrogens is 4. The van der Waals surface area contributed by atoms with E-state index in [1.54, 1.807) is 17.8 Å². The van der Waals surface area contributed by atoms with Gasteiger partial charge >= 0.3 is 0 Å². The molecule has 5 rings (SSSR count). The second-order valence-corrected chi connectivity index (χ2v) is 8.06. The maximum absolute atomic E-state index is 10.1. The molecule has 4 aromatic rings. The molecular weight excluding hydrogens is 376 g/mol. The number of aliphatic hydroxyl groups is 1. The van der Waals surface area contributed by atoms with E-state index in [9.17, 15) is 10.4 Å². The van der Waals surface area contributed by atoms with Gasteiger partial charge in [-0.3, -0.25) is 0 Å². The van der Waals surface area contributed by atoms with Gasteiger partial charge in [0.15, 0.2) is 5.82 Å². The van der Waals surface area contributed by atoms with E-state index in [-0.39, 0.29) is 6.04 Å². The summed E-state index contributed by atoms with van der Waals surface area (Å²) in [4.78, 5) is 9.17. The molecule has 1 saturated carbocycles. The maximum Gasteiger partial charge on any atom is 0.159 e. The topological polar surface area (TPSA) is 114 Å². The maximum atomic E-state index is 10.1. The fourth-order valence-corrected chi connectivity index (χ4v) is 4.06. The van der Waals surface area contributed by atoms with Crippen LogP contribution in [-0.4, -0.2) is 30.5 Å². The zero-order chi connectivity index (χ0) is 20.9. The molecule has 0 aliphatic heterocycles. The van der Waals surface area contributed by atoms with Crippen molar-refractivity contribution >= 4 is 16.7 Å². The number of hydrogen-bond acceptors (Lipinski definition) is 6. The summed E-state index contributed by atoms with van der Waals surface area (Å²) in [6.45, 7) is 1.79. The Kier molecular flexibility index (Phi) is 4.05. The first kappa shape index (κ1) is 18.3. The number of hydrogen-bond donors (Lipinski definition) is 2. The van der Waals surface area contributed by atoms with Crippen LogP contribution in [0.4, 0.5) is 5.82 Å². The summed E-state index contributed by atoms with van der Waals surface area (Å²) in [5.74, 6) is 0.975. The molecule has 7 nitrogen and oxygen atoms in total. The lowest BCUT2D eigenvalue weighted by atomic mass is 9.77. The Balaban J connectivity index is 1.58. The molecule has 30 heavy (non-hydrogen) atoms. The van der Waals surface area contributed by atoms with E-state index in [2.05, 4.69) is 16.2 Å². The predicted octanol–water partition coefficient (Wildman–Crippen LogP) is 3.70. The summed E-state index contributed by atoms with van der Waals surface area (Å²) < 4.78 is 1.67. The van der Waals surface area contributed by atoms with Crippen LogP contribution in [0.15, 0.2) is 54.7 Å². The van der Waals surface area contributed by atoms with Crippen molar-refractivity contribution in [1.29, 1.82) is 5.26 Å². The minimum atomic E-state index is -0.705. The van der Waals surface area contributed by atoms with E-state index in [4.69, 9.17) is 10.7 Å². The monoisotopic (exact) mass is 396 g/mol. The number of nitrogens with two attached hydrogens (primary N) is 1. The van der Waals surface area contributed by atoms with Crippen LogP contribution in [0.1, 0.15) is 31.4 Å². The minimum Gasteiger partial charge on any atom is -0.390 e. The summed E-state index contributed by atoms with van der Waals surface area (Å²) >= 11 is 0. The van der Waals surface area contributed by atoms with Gasteiger partial charge < -0.3 is 10.8 Å². The molecule has 0 spiro atoms. The van der Waals surface area contributed by atoms with Crippen LogP contribution in [0.3, 0.4) is 0 Å². The second-order valence-electron chi connectivity index (χ2n) is 8.06. The molecule has 2 aromatic heterocycles. The third kappa shape index (κ3) is 2.98. The first-order chi connectivity index (χ1) is 14.4. The summed E-state index contributed by atoms with van der Waals surface area (Å²) in [6, 6.07) is 17.7. The number of anilines is 1. The molecule has 1 fully saturated rings. The van der Waals surface area contributed by atoms with Gasteiger partial charge in [-0.25, -0.2) is 14.6 Å². The summed E-state index contributed by atoms with van der Waals surface area (Å²) in [5.41, 5.74) is 8.88. The molecule has 0 atom stereocenters. The van der Waals surface area contributed by atoms with Crippen LogP contribution in [0, 0.1) is 11.3 Å². The van der Waals surface area contributed by atoms with Crippen molar-refractivity contribution in [1.82, 2.24) is 19.7 Å². The molecule has 0 amide bonds. The zero-order valence-electron chi connectivity index (χ0n) is 16.4. The fourth-order valence-electron chi connectivity index (χ4n) is 4.06. The van der Waals surface area contributed by atoms with Gasteiger partial charge in [-0.2, -0.15) is 10.4 Å². The van der Waals surface area contributed by atoms with Gasteiger partial charge in [0.2, 0.25) is 0 Å². The molecule has 7 heteroatoms. The molecule has 2 aromatic carbocycles. The number of benzene rings is 2. The van der Waals surface area contributed by atoms with Crippen molar-refractivity contribution < 1.29 is 5.11 Å². The lowest BCUT2D eigenvalue weighted by Gasteiger charge is -2.41. The Morgan fingerprint density at radius 3 is 2.63 bits per heavy atom. The van der Waals surface area contributed by atoms with E-state index in [1.165, 1.54) is 0 Å². The summed E-state index contributed by atoms with van der Waals surface area (Å²) in [6.07, 6.45) is 2.92. The summed E-state index contributed by atoms with van der Waals surface area (Å²) in [7, 11) is 0. The lowest BCUT2D eigenvalue weighted by molar-refractivity contribution is -0.0535. The third-order valence-corrected chi connectivity index (χ3v) is 5.64. The molecule has 1 aliphatic rings. The molecular formula is C23H20N6O. The second kappa shape index (κ2) is 6.65. The number of rotatable bonds is 3. The van der Waals surface area contributed by atoms with Gasteiger partial charge in [-0.1, -0.05) is 42.5 Å². The number of nitrogen functional groups attached to an aromatic ring is 1. The SMILES string of the molecule is CC1(O)CC(n2nc(-c3ccc4cnc(-c5ccccc5)nc4c3)c(C#N)c2N)C1. The number of nitrogens with zero attached hydrogens (tertiary/aromatic N) is 5. The highest BCUT2D eigenvalue weighted by molar-refractivity contribution is 5.86.